The monoisotopic (exact) mass is 456 g/mol. The molecule has 0 saturated carbocycles. The Morgan fingerprint density at radius 1 is 1.06 bits per heavy atom. The van der Waals surface area contributed by atoms with Crippen LogP contribution in [-0.4, -0.2) is 42.4 Å². The molecule has 160 valence electrons. The number of rotatable bonds is 9. The van der Waals surface area contributed by atoms with Crippen LogP contribution in [0.1, 0.15) is 11.4 Å². The molecule has 2 heterocycles. The van der Waals surface area contributed by atoms with Gasteiger partial charge in [0, 0.05) is 10.8 Å². The van der Waals surface area contributed by atoms with Crippen LogP contribution in [0.15, 0.2) is 60.3 Å². The van der Waals surface area contributed by atoms with Crippen molar-refractivity contribution >= 4 is 23.4 Å². The lowest BCUT2D eigenvalue weighted by molar-refractivity contribution is 0.292. The van der Waals surface area contributed by atoms with Crippen molar-refractivity contribution in [2.24, 2.45) is 0 Å². The van der Waals surface area contributed by atoms with Gasteiger partial charge in [-0.3, -0.25) is 9.25 Å². The predicted molar refractivity (Wildman–Crippen MR) is 119 cm³/mol. The number of ether oxygens (including phenoxy) is 2. The van der Waals surface area contributed by atoms with Crippen molar-refractivity contribution in [3.63, 3.8) is 0 Å². The Morgan fingerprint density at radius 2 is 1.87 bits per heavy atom. The second kappa shape index (κ2) is 9.84. The fraction of sp³-hybridized carbons (Fsp3) is 0.238. The van der Waals surface area contributed by atoms with Gasteiger partial charge >= 0.3 is 0 Å². The zero-order valence-corrected chi connectivity index (χ0v) is 18.7. The first-order valence-corrected chi connectivity index (χ1v) is 10.9. The molecule has 0 spiro atoms. The maximum absolute atomic E-state index is 6.39. The van der Waals surface area contributed by atoms with E-state index < -0.39 is 0 Å². The number of aryl methyl sites for hydroxylation is 2. The van der Waals surface area contributed by atoms with Gasteiger partial charge in [-0.25, -0.2) is 4.98 Å². The Bertz CT molecular complexity index is 1130. The van der Waals surface area contributed by atoms with Crippen LogP contribution in [0.25, 0.3) is 5.69 Å². The SMILES string of the molecule is COc1ccc(OCc2nnc(SCCn3cncn3)n2-c2ccc(C)c(Cl)c2)cc1. The lowest BCUT2D eigenvalue weighted by Gasteiger charge is -2.12. The van der Waals surface area contributed by atoms with Gasteiger partial charge in [0.1, 0.15) is 30.8 Å². The first-order chi connectivity index (χ1) is 15.1. The van der Waals surface area contributed by atoms with E-state index in [4.69, 9.17) is 21.1 Å². The summed E-state index contributed by atoms with van der Waals surface area (Å²) in [6.45, 7) is 2.94. The Balaban J connectivity index is 1.55. The van der Waals surface area contributed by atoms with Gasteiger partial charge in [0.25, 0.3) is 0 Å². The van der Waals surface area contributed by atoms with E-state index in [2.05, 4.69) is 20.3 Å². The summed E-state index contributed by atoms with van der Waals surface area (Å²) in [6, 6.07) is 13.3. The third-order valence-corrected chi connectivity index (χ3v) is 5.88. The summed E-state index contributed by atoms with van der Waals surface area (Å²) in [6.07, 6.45) is 3.22. The van der Waals surface area contributed by atoms with Gasteiger partial charge in [0.05, 0.1) is 19.3 Å². The molecule has 0 aliphatic rings. The Labute approximate surface area is 189 Å². The molecular formula is C21H21ClN6O2S. The molecule has 0 fully saturated rings. The Kier molecular flexibility index (Phi) is 6.73. The van der Waals surface area contributed by atoms with Gasteiger partial charge in [-0.1, -0.05) is 29.4 Å². The van der Waals surface area contributed by atoms with Crippen molar-refractivity contribution in [2.75, 3.05) is 12.9 Å². The molecule has 8 nitrogen and oxygen atoms in total. The van der Waals surface area contributed by atoms with Crippen LogP contribution in [-0.2, 0) is 13.2 Å². The molecule has 0 bridgehead atoms. The quantitative estimate of drug-likeness (QED) is 0.349. The smallest absolute Gasteiger partial charge is 0.196 e. The number of aromatic nitrogens is 6. The summed E-state index contributed by atoms with van der Waals surface area (Å²) in [7, 11) is 1.63. The van der Waals surface area contributed by atoms with E-state index in [1.54, 1.807) is 29.9 Å². The van der Waals surface area contributed by atoms with Crippen LogP contribution in [0.3, 0.4) is 0 Å². The molecule has 2 aromatic carbocycles. The van der Waals surface area contributed by atoms with Gasteiger partial charge in [0.15, 0.2) is 11.0 Å². The summed E-state index contributed by atoms with van der Waals surface area (Å²) in [5, 5.41) is 14.3. The zero-order valence-electron chi connectivity index (χ0n) is 17.1. The molecule has 10 heteroatoms. The first kappa shape index (κ1) is 21.2. The van der Waals surface area contributed by atoms with Gasteiger partial charge < -0.3 is 9.47 Å². The summed E-state index contributed by atoms with van der Waals surface area (Å²) >= 11 is 7.97. The summed E-state index contributed by atoms with van der Waals surface area (Å²) in [4.78, 5) is 3.97. The molecule has 0 unspecified atom stereocenters. The fourth-order valence-corrected chi connectivity index (χ4v) is 3.94. The molecule has 4 aromatic rings. The largest absolute Gasteiger partial charge is 0.497 e. The van der Waals surface area contributed by atoms with E-state index in [0.29, 0.717) is 17.4 Å². The lowest BCUT2D eigenvalue weighted by Crippen LogP contribution is -2.07. The maximum atomic E-state index is 6.39. The Morgan fingerprint density at radius 3 is 2.58 bits per heavy atom. The van der Waals surface area contributed by atoms with Crippen LogP contribution >= 0.6 is 23.4 Å². The average molecular weight is 457 g/mol. The van der Waals surface area contributed by atoms with Gasteiger partial charge in [-0.05, 0) is 48.9 Å². The number of methoxy groups -OCH3 is 1. The molecular weight excluding hydrogens is 436 g/mol. The van der Waals surface area contributed by atoms with E-state index in [-0.39, 0.29) is 6.61 Å². The van der Waals surface area contributed by atoms with E-state index in [0.717, 1.165) is 33.7 Å². The topological polar surface area (TPSA) is 79.9 Å². The number of thioether (sulfide) groups is 1. The Hall–Kier alpha value is -3.04. The molecule has 4 rings (SSSR count). The number of halogens is 1. The molecule has 0 saturated heterocycles. The normalized spacial score (nSPS) is 10.9. The van der Waals surface area contributed by atoms with Crippen LogP contribution < -0.4 is 9.47 Å². The predicted octanol–water partition coefficient (Wildman–Crippen LogP) is 4.20. The van der Waals surface area contributed by atoms with Gasteiger partial charge in [0.2, 0.25) is 0 Å². The van der Waals surface area contributed by atoms with Crippen LogP contribution in [0.4, 0.5) is 0 Å². The van der Waals surface area contributed by atoms with Crippen molar-refractivity contribution in [1.29, 1.82) is 0 Å². The fourth-order valence-electron chi connectivity index (χ4n) is 2.87. The van der Waals surface area contributed by atoms with Crippen LogP contribution in [0.5, 0.6) is 11.5 Å². The molecule has 2 aromatic heterocycles. The maximum Gasteiger partial charge on any atom is 0.196 e. The summed E-state index contributed by atoms with van der Waals surface area (Å²) < 4.78 is 14.9. The van der Waals surface area contributed by atoms with Crippen LogP contribution in [0.2, 0.25) is 5.02 Å². The van der Waals surface area contributed by atoms with E-state index in [9.17, 15) is 0 Å². The molecule has 0 radical (unpaired) electrons. The van der Waals surface area contributed by atoms with Crippen molar-refractivity contribution in [3.8, 4) is 17.2 Å². The average Bonchev–Trinajstić information content (AvgIpc) is 3.45. The number of benzene rings is 2. The summed E-state index contributed by atoms with van der Waals surface area (Å²) in [5.41, 5.74) is 1.90. The summed E-state index contributed by atoms with van der Waals surface area (Å²) in [5.74, 6) is 2.94. The molecule has 0 aliphatic carbocycles. The van der Waals surface area contributed by atoms with E-state index >= 15 is 0 Å². The third kappa shape index (κ3) is 5.18. The van der Waals surface area contributed by atoms with Crippen molar-refractivity contribution in [2.45, 2.75) is 25.2 Å². The number of hydrogen-bond donors (Lipinski definition) is 0. The van der Waals surface area contributed by atoms with E-state index in [1.807, 2.05) is 54.0 Å². The second-order valence-corrected chi connectivity index (χ2v) is 8.11. The molecule has 0 amide bonds. The highest BCUT2D eigenvalue weighted by atomic mass is 35.5. The van der Waals surface area contributed by atoms with E-state index in [1.165, 1.54) is 6.33 Å². The second-order valence-electron chi connectivity index (χ2n) is 6.64. The molecule has 31 heavy (non-hydrogen) atoms. The standard InChI is InChI=1S/C21H21ClN6O2S/c1-15-3-4-16(11-19(15)22)28-20(12-30-18-7-5-17(29-2)6-8-18)25-26-21(28)31-10-9-27-14-23-13-24-27/h3-8,11,13-14H,9-10,12H2,1-2H3. The third-order valence-electron chi connectivity index (χ3n) is 4.56. The van der Waals surface area contributed by atoms with Gasteiger partial charge in [-0.2, -0.15) is 5.10 Å². The molecule has 0 atom stereocenters. The first-order valence-electron chi connectivity index (χ1n) is 9.57. The van der Waals surface area contributed by atoms with Crippen molar-refractivity contribution in [1.82, 2.24) is 29.5 Å². The molecule has 0 aliphatic heterocycles. The highest BCUT2D eigenvalue weighted by molar-refractivity contribution is 7.99. The van der Waals surface area contributed by atoms with Crippen LogP contribution in [0, 0.1) is 6.92 Å². The lowest BCUT2D eigenvalue weighted by atomic mass is 10.2. The molecule has 0 N–H and O–H groups in total. The van der Waals surface area contributed by atoms with Gasteiger partial charge in [-0.15, -0.1) is 10.2 Å². The highest BCUT2D eigenvalue weighted by Crippen LogP contribution is 2.27. The number of nitrogens with zero attached hydrogens (tertiary/aromatic N) is 6. The minimum Gasteiger partial charge on any atom is -0.497 e. The highest BCUT2D eigenvalue weighted by Gasteiger charge is 2.16. The zero-order chi connectivity index (χ0) is 21.6. The minimum absolute atomic E-state index is 0.258. The van der Waals surface area contributed by atoms with Crippen molar-refractivity contribution < 1.29 is 9.47 Å². The number of hydrogen-bond acceptors (Lipinski definition) is 7. The van der Waals surface area contributed by atoms with Crippen molar-refractivity contribution in [3.05, 3.63) is 71.5 Å². The minimum atomic E-state index is 0.258.